The molecule has 5 rings (SSSR count). The van der Waals surface area contributed by atoms with Gasteiger partial charge >= 0.3 is 6.18 Å². The van der Waals surface area contributed by atoms with Crippen LogP contribution in [-0.4, -0.2) is 209 Å². The summed E-state index contributed by atoms with van der Waals surface area (Å²) in [6.07, 6.45) is 4.61. The number of amides is 7. The van der Waals surface area contributed by atoms with Crippen molar-refractivity contribution in [2.45, 2.75) is 445 Å². The highest BCUT2D eigenvalue weighted by molar-refractivity contribution is 14.1. The normalized spacial score (nSPS) is 11.1. The zero-order valence-corrected chi connectivity index (χ0v) is 118. The van der Waals surface area contributed by atoms with E-state index in [1.807, 2.05) is 175 Å². The second-order valence-electron chi connectivity index (χ2n) is 46.9. The van der Waals surface area contributed by atoms with Gasteiger partial charge in [-0.1, -0.05) is 442 Å². The standard InChI is InChI=1S/2C14H23NOSi.C12H19NOSi.C12H22Si2.C10H13NO.C7H20Si2.C5H11I.C5H11NO.C5H14Si.C5H12.C4H6F4.C4H9I.2C4H9NO.C4H12OSi.C4H10O.C3H8/c1-6-10-17(4,5)14-9-7-8-13(11-14)15(3)12(2)16;1-5-11-17(3,4)12-15(13(2)16)14-9-7-6-8-10-14;1-11(14)13(10-15(2,3)4)12-8-6-5-7-9-12;1-13(2,3)11-7-9-12(10-8-11)14(4,5)6;1-3-11(9(2)12)10-7-5-4-6-8-10;1-8(2,3)7-9(4,5)6;1-4-5(2,3)6;1-4-6(3)5(2)7;1-5-6(2,3)4;1-4-5(2)3;1-3(2,5)4(6,7)8;1-3-4(2)5;2*1-3-5-4(2)6;1-4-6(2,3)5;1-3-5-4-2;1-3-2/h7-9,11H,6,10H2,1-5H3;6-10H,5,11-12H2,1-4H3;5-9H,10H2,1-4H3;7-10H,1-6H3;4-8H,3H2,1-2H3;7H2,1-6H3;4H2,1-3H3;4H2,1-3H3;5H2,1-4H3;5H,4H2,1-3H3;1-2H3;4H,3H2,1-2H3;2*3H2,1-2H3,(H,5,6);5H,4H2,1-3H3;3-4H2,1-2H3;3H2,1-2H3. The lowest BCUT2D eigenvalue weighted by molar-refractivity contribution is -0.216. The number of nitrogens with zero attached hydrogens (tertiary/aromatic N) is 5. The summed E-state index contributed by atoms with van der Waals surface area (Å²) in [5, 5.41) is 9.71. The van der Waals surface area contributed by atoms with Gasteiger partial charge < -0.3 is 44.7 Å². The van der Waals surface area contributed by atoms with Crippen LogP contribution in [0.5, 0.6) is 0 Å². The fourth-order valence-electron chi connectivity index (χ4n) is 10.9. The first-order valence-electron chi connectivity index (χ1n) is 54.0. The lowest BCUT2D eigenvalue weighted by atomic mass is 10.2. The second-order valence-corrected chi connectivity index (χ2v) is 99.3. The monoisotopic (exact) mass is 2450 g/mol. The van der Waals surface area contributed by atoms with Crippen molar-refractivity contribution in [1.29, 1.82) is 0 Å². The third-order valence-corrected chi connectivity index (χ3v) is 47.0. The van der Waals surface area contributed by atoms with Gasteiger partial charge in [0.15, 0.2) is 14.0 Å². The molecule has 16 nitrogen and oxygen atoms in total. The summed E-state index contributed by atoms with van der Waals surface area (Å²) in [6, 6.07) is 52.3. The molecule has 0 spiro atoms. The van der Waals surface area contributed by atoms with E-state index in [1.165, 1.54) is 75.7 Å². The number of benzene rings is 5. The summed E-state index contributed by atoms with van der Waals surface area (Å²) < 4.78 is 51.5. The van der Waals surface area contributed by atoms with Crippen molar-refractivity contribution in [1.82, 2.24) is 15.5 Å². The number of hydrogen-bond acceptors (Lipinski definition) is 9. The molecule has 147 heavy (non-hydrogen) atoms. The largest absolute Gasteiger partial charge is 0.432 e. The quantitative estimate of drug-likeness (QED) is 0.0189. The van der Waals surface area contributed by atoms with E-state index in [0.717, 1.165) is 90.4 Å². The van der Waals surface area contributed by atoms with E-state index in [-0.39, 0.29) is 41.4 Å². The van der Waals surface area contributed by atoms with Gasteiger partial charge in [-0.15, -0.1) is 0 Å². The van der Waals surface area contributed by atoms with Gasteiger partial charge in [0.05, 0.1) is 40.4 Å². The molecule has 0 aliphatic heterocycles. The number of ether oxygens (including phenoxy) is 1. The number of nitrogens with one attached hydrogen (secondary N) is 2. The molecule has 0 aliphatic rings. The molecule has 7 amide bonds. The molecule has 0 radical (unpaired) electrons. The zero-order chi connectivity index (χ0) is 119. The maximum atomic E-state index is 11.8. The first kappa shape index (κ1) is 167. The molecule has 5 aromatic carbocycles. The Morgan fingerprint density at radius 2 is 0.687 bits per heavy atom. The molecular weight excluding hydrogens is 2220 g/mol. The predicted molar refractivity (Wildman–Crippen MR) is 695 cm³/mol. The summed E-state index contributed by atoms with van der Waals surface area (Å²) in [4.78, 5) is 93.9. The maximum Gasteiger partial charge on any atom is 0.421 e. The van der Waals surface area contributed by atoms with Crippen molar-refractivity contribution < 1.29 is 60.7 Å². The van der Waals surface area contributed by atoms with Crippen molar-refractivity contribution in [2.24, 2.45) is 5.92 Å². The Hall–Kier alpha value is -4.56. The highest BCUT2D eigenvalue weighted by Crippen LogP contribution is 2.33. The van der Waals surface area contributed by atoms with E-state index in [0.29, 0.717) is 17.3 Å². The summed E-state index contributed by atoms with van der Waals surface area (Å²) in [5.41, 5.74) is 2.51. The smallest absolute Gasteiger partial charge is 0.421 e. The minimum absolute atomic E-state index is 0.0394. The van der Waals surface area contributed by atoms with Gasteiger partial charge in [-0.2, -0.15) is 13.2 Å². The molecule has 862 valence electrons. The van der Waals surface area contributed by atoms with Crippen LogP contribution < -0.4 is 45.8 Å². The molecule has 0 bridgehead atoms. The Labute approximate surface area is 942 Å². The summed E-state index contributed by atoms with van der Waals surface area (Å²) in [6.45, 7) is 116. The van der Waals surface area contributed by atoms with Crippen LogP contribution in [0.25, 0.3) is 0 Å². The Kier molecular flexibility index (Phi) is 103. The van der Waals surface area contributed by atoms with Crippen LogP contribution in [0.4, 0.5) is 40.3 Å². The van der Waals surface area contributed by atoms with Gasteiger partial charge in [0.2, 0.25) is 41.4 Å². The van der Waals surface area contributed by atoms with Crippen molar-refractivity contribution in [3.05, 3.63) is 140 Å². The maximum absolute atomic E-state index is 11.8. The van der Waals surface area contributed by atoms with Crippen LogP contribution >= 0.6 is 45.2 Å². The Bertz CT molecular complexity index is 3900. The second kappa shape index (κ2) is 90.6. The van der Waals surface area contributed by atoms with E-state index < -0.39 is 84.8 Å². The lowest BCUT2D eigenvalue weighted by Gasteiger charge is -2.30. The third kappa shape index (κ3) is 120. The molecule has 0 fully saturated rings. The fourth-order valence-corrected chi connectivity index (χ4v) is 32.7. The van der Waals surface area contributed by atoms with Gasteiger partial charge in [-0.25, -0.2) is 4.39 Å². The SMILES string of the molecule is CC(=O)N(C[Si](C)(C)C)c1ccccc1.CC(C)(F)C(F)(F)F.CCC.CCC(C)(C)I.CCC(C)C.CCC(C)I.CCC[Si](C)(C)CN(C(C)=O)c1ccccc1.CCC[Si](C)(C)c1cccc(N(C)C(C)=O)c1.CCN(C(C)=O)c1ccccc1.CCN(C)C(C)=O.CCNC(C)=O.CCNC(C)=O.CCOCC.CC[Si](C)(C)C.CC[Si](C)(C)O.C[Si](C)(C)C[Si](C)(C)C.C[Si](C)(C)c1ccc([Si](C)(C)C)cc1. The number of halogens is 6. The molecule has 0 heterocycles. The molecule has 0 saturated heterocycles. The third-order valence-electron chi connectivity index (χ3n) is 20.9. The number of carbonyl (C=O) groups is 7. The Balaban J connectivity index is -0.000000134. The molecule has 1 unspecified atom stereocenters. The van der Waals surface area contributed by atoms with Crippen molar-refractivity contribution in [3.63, 3.8) is 0 Å². The molecule has 0 aromatic heterocycles. The number of rotatable bonds is 28. The van der Waals surface area contributed by atoms with Crippen molar-refractivity contribution in [3.8, 4) is 0 Å². The van der Waals surface area contributed by atoms with E-state index >= 15 is 0 Å². The Morgan fingerprint density at radius 1 is 0.401 bits per heavy atom. The van der Waals surface area contributed by atoms with E-state index in [4.69, 9.17) is 9.53 Å². The predicted octanol–water partition coefficient (Wildman–Crippen LogP) is 33.6. The van der Waals surface area contributed by atoms with Crippen LogP contribution in [0.2, 0.25) is 187 Å². The number of anilines is 4. The van der Waals surface area contributed by atoms with Gasteiger partial charge in [-0.3, -0.25) is 33.6 Å². The summed E-state index contributed by atoms with van der Waals surface area (Å²) >= 11 is 4.85. The van der Waals surface area contributed by atoms with E-state index in [2.05, 4.69) is 332 Å². The fraction of sp³-hybridized carbons (Fsp3) is 0.681. The zero-order valence-electron chi connectivity index (χ0n) is 105. The number of para-hydroxylation sites is 3. The average Bonchev–Trinajstić information content (AvgIpc) is 0.840. The number of carbonyl (C=O) groups excluding carboxylic acids is 7. The molecule has 5 aromatic rings. The van der Waals surface area contributed by atoms with Gasteiger partial charge in [0.25, 0.3) is 0 Å². The molecule has 0 saturated carbocycles. The molecular formula is C116H231F4I2N7O9Si9. The minimum Gasteiger partial charge on any atom is -0.432 e. The van der Waals surface area contributed by atoms with Crippen LogP contribution in [0.3, 0.4) is 0 Å². The van der Waals surface area contributed by atoms with Crippen molar-refractivity contribution in [2.75, 3.05) is 85.4 Å². The number of hydrogen-bond donors (Lipinski definition) is 3. The Morgan fingerprint density at radius 3 is 0.844 bits per heavy atom. The molecule has 31 heteroatoms. The first-order chi connectivity index (χ1) is 66.4. The van der Waals surface area contributed by atoms with E-state index in [9.17, 15) is 51.1 Å². The topological polar surface area (TPSA) is 189 Å². The van der Waals surface area contributed by atoms with Gasteiger partial charge in [0.1, 0.15) is 0 Å². The molecule has 1 atom stereocenters. The van der Waals surface area contributed by atoms with Crippen LogP contribution in [0.15, 0.2) is 140 Å². The van der Waals surface area contributed by atoms with Crippen LogP contribution in [0.1, 0.15) is 239 Å². The highest BCUT2D eigenvalue weighted by Gasteiger charge is 2.48. The van der Waals surface area contributed by atoms with Crippen LogP contribution in [0, 0.1) is 5.92 Å². The molecule has 3 N–H and O–H groups in total. The van der Waals surface area contributed by atoms with E-state index in [1.54, 1.807) is 72.4 Å². The highest BCUT2D eigenvalue weighted by atomic mass is 127. The first-order valence-corrected chi connectivity index (χ1v) is 87.9. The minimum atomic E-state index is -4.73. The van der Waals surface area contributed by atoms with Gasteiger partial charge in [-0.05, 0) is 142 Å². The van der Waals surface area contributed by atoms with Gasteiger partial charge in [0, 0.05) is 169 Å². The van der Waals surface area contributed by atoms with Crippen LogP contribution in [-0.2, 0) is 38.3 Å². The summed E-state index contributed by atoms with van der Waals surface area (Å²) in [5.74, 6) is 1.53. The average molecular weight is 2450 g/mol. The van der Waals surface area contributed by atoms with Crippen molar-refractivity contribution >= 4 is 198 Å². The number of alkyl halides is 6. The molecule has 0 aliphatic carbocycles. The lowest BCUT2D eigenvalue weighted by Crippen LogP contribution is -2.44. The summed E-state index contributed by atoms with van der Waals surface area (Å²) in [7, 11) is -6.21.